The lowest BCUT2D eigenvalue weighted by atomic mass is 10.1. The van der Waals surface area contributed by atoms with Gasteiger partial charge in [0.1, 0.15) is 11.3 Å². The molecule has 2 aromatic carbocycles. The second kappa shape index (κ2) is 9.91. The van der Waals surface area contributed by atoms with E-state index in [0.29, 0.717) is 23.8 Å². The molecule has 0 spiro atoms. The Bertz CT molecular complexity index is 1460. The average molecular weight is 505 g/mol. The summed E-state index contributed by atoms with van der Waals surface area (Å²) in [6, 6.07) is 17.5. The summed E-state index contributed by atoms with van der Waals surface area (Å²) in [7, 11) is -1.31. The number of hydrogen-bond donors (Lipinski definition) is 2. The number of sulfone groups is 1. The lowest BCUT2D eigenvalue weighted by molar-refractivity contribution is 0.313. The fourth-order valence-corrected chi connectivity index (χ4v) is 5.64. The van der Waals surface area contributed by atoms with Crippen molar-refractivity contribution in [2.45, 2.75) is 30.4 Å². The van der Waals surface area contributed by atoms with Gasteiger partial charge in [-0.15, -0.1) is 0 Å². The van der Waals surface area contributed by atoms with E-state index in [1.807, 2.05) is 18.3 Å². The van der Waals surface area contributed by atoms with Crippen LogP contribution in [0.1, 0.15) is 25.2 Å². The topological polar surface area (TPSA) is 94.2 Å². The van der Waals surface area contributed by atoms with E-state index >= 15 is 0 Å². The molecule has 0 radical (unpaired) electrons. The average Bonchev–Trinajstić information content (AvgIpc) is 3.34. The zero-order valence-corrected chi connectivity index (χ0v) is 21.7. The van der Waals surface area contributed by atoms with Crippen LogP contribution in [0.2, 0.25) is 0 Å². The Morgan fingerprint density at radius 3 is 2.42 bits per heavy atom. The van der Waals surface area contributed by atoms with Gasteiger partial charge in [-0.2, -0.15) is 0 Å². The number of para-hydroxylation sites is 1. The molecule has 1 aliphatic rings. The Morgan fingerprint density at radius 2 is 1.69 bits per heavy atom. The van der Waals surface area contributed by atoms with Crippen molar-refractivity contribution in [3.63, 3.8) is 0 Å². The largest absolute Gasteiger partial charge is 0.369 e. The Labute approximate surface area is 212 Å². The Morgan fingerprint density at radius 1 is 0.972 bits per heavy atom. The number of rotatable bonds is 7. The Hall–Kier alpha value is -3.43. The van der Waals surface area contributed by atoms with Crippen LogP contribution in [0, 0.1) is 0 Å². The van der Waals surface area contributed by atoms with Crippen molar-refractivity contribution in [1.82, 2.24) is 19.9 Å². The molecule has 0 aliphatic carbocycles. The summed E-state index contributed by atoms with van der Waals surface area (Å²) in [6.45, 7) is 7.59. The van der Waals surface area contributed by atoms with Gasteiger partial charge in [0, 0.05) is 44.5 Å². The van der Waals surface area contributed by atoms with Gasteiger partial charge in [-0.3, -0.25) is 0 Å². The number of H-pyrrole nitrogens is 1. The molecule has 9 heteroatoms. The molecule has 2 aromatic heterocycles. The summed E-state index contributed by atoms with van der Waals surface area (Å²) in [5.41, 5.74) is 4.38. The van der Waals surface area contributed by atoms with Crippen molar-refractivity contribution in [2.75, 3.05) is 43.4 Å². The number of nitrogens with one attached hydrogen (secondary N) is 2. The highest BCUT2D eigenvalue weighted by Crippen LogP contribution is 2.30. The number of anilines is 3. The third-order valence-electron chi connectivity index (χ3n) is 6.69. The van der Waals surface area contributed by atoms with Crippen LogP contribution in [-0.2, 0) is 16.3 Å². The summed E-state index contributed by atoms with van der Waals surface area (Å²) in [4.78, 5) is 17.7. The summed E-state index contributed by atoms with van der Waals surface area (Å²) < 4.78 is 25.9. The molecule has 1 aliphatic heterocycles. The van der Waals surface area contributed by atoms with Gasteiger partial charge in [0.2, 0.25) is 0 Å². The van der Waals surface area contributed by atoms with Crippen LogP contribution in [0.25, 0.3) is 11.0 Å². The van der Waals surface area contributed by atoms with E-state index in [1.165, 1.54) is 5.69 Å². The molecule has 8 nitrogen and oxygen atoms in total. The molecule has 36 heavy (non-hydrogen) atoms. The normalized spacial score (nSPS) is 15.1. The summed E-state index contributed by atoms with van der Waals surface area (Å²) in [6.07, 6.45) is 2.39. The maximum absolute atomic E-state index is 12.9. The molecular formula is C27H32N6O2S. The van der Waals surface area contributed by atoms with Crippen LogP contribution in [-0.4, -0.2) is 66.7 Å². The van der Waals surface area contributed by atoms with Crippen molar-refractivity contribution < 1.29 is 8.42 Å². The van der Waals surface area contributed by atoms with E-state index in [2.05, 4.69) is 51.4 Å². The van der Waals surface area contributed by atoms with Crippen LogP contribution in [0.15, 0.2) is 65.7 Å². The fraction of sp³-hybridized carbons (Fsp3) is 0.333. The summed E-state index contributed by atoms with van der Waals surface area (Å²) >= 11 is 0. The van der Waals surface area contributed by atoms with E-state index in [0.717, 1.165) is 42.8 Å². The number of piperazine rings is 1. The van der Waals surface area contributed by atoms with Crippen LogP contribution in [0.5, 0.6) is 0 Å². The van der Waals surface area contributed by atoms with E-state index in [9.17, 15) is 8.42 Å². The number of nitrogens with zero attached hydrogens (tertiary/aromatic N) is 4. The van der Waals surface area contributed by atoms with Crippen LogP contribution < -0.4 is 10.2 Å². The van der Waals surface area contributed by atoms with Crippen molar-refractivity contribution in [2.24, 2.45) is 0 Å². The van der Waals surface area contributed by atoms with Gasteiger partial charge in [-0.05, 0) is 56.8 Å². The summed E-state index contributed by atoms with van der Waals surface area (Å²) in [5.74, 6) is 1.22. The molecule has 0 amide bonds. The smallest absolute Gasteiger partial charge is 0.182 e. The molecule has 5 rings (SSSR count). The number of fused-ring (bicyclic) bond motifs is 1. The zero-order valence-electron chi connectivity index (χ0n) is 20.9. The molecule has 4 aromatic rings. The van der Waals surface area contributed by atoms with Gasteiger partial charge in [0.15, 0.2) is 15.7 Å². The Kier molecular flexibility index (Phi) is 6.68. The first kappa shape index (κ1) is 24.3. The monoisotopic (exact) mass is 504 g/mol. The van der Waals surface area contributed by atoms with Crippen molar-refractivity contribution >= 4 is 38.1 Å². The minimum atomic E-state index is -3.47. The van der Waals surface area contributed by atoms with Crippen molar-refractivity contribution in [3.8, 4) is 0 Å². The fourth-order valence-electron chi connectivity index (χ4n) is 4.43. The molecule has 1 fully saturated rings. The predicted molar refractivity (Wildman–Crippen MR) is 145 cm³/mol. The van der Waals surface area contributed by atoms with Gasteiger partial charge in [-0.25, -0.2) is 18.4 Å². The minimum Gasteiger partial charge on any atom is -0.369 e. The lowest BCUT2D eigenvalue weighted by Gasteiger charge is -2.34. The highest BCUT2D eigenvalue weighted by atomic mass is 32.2. The maximum atomic E-state index is 12.9. The zero-order chi connectivity index (χ0) is 25.3. The van der Waals surface area contributed by atoms with Gasteiger partial charge in [-0.1, -0.05) is 24.3 Å². The molecule has 3 heterocycles. The second-order valence-electron chi connectivity index (χ2n) is 9.57. The van der Waals surface area contributed by atoms with Crippen molar-refractivity contribution in [3.05, 3.63) is 72.2 Å². The van der Waals surface area contributed by atoms with Gasteiger partial charge in [0.05, 0.1) is 21.3 Å². The standard InChI is InChI=1S/C27H32N6O2S/c1-19(2)36(34,35)24-7-5-4-6-22(24)30-27-26-23(12-13-28-26)29-25(31-27)18-20-8-10-21(11-9-20)33-16-14-32(3)15-17-33/h4-13,19,28H,14-18H2,1-3H3,(H,29,30,31). The third kappa shape index (κ3) is 4.94. The molecule has 0 unspecified atom stereocenters. The number of likely N-dealkylation sites (N-methyl/N-ethyl adjacent to an activating group) is 1. The SMILES string of the molecule is CC(C)S(=O)(=O)c1ccccc1Nc1nc(Cc2ccc(N3CCN(C)CC3)cc2)nc2cc[nH]c12. The molecule has 2 N–H and O–H groups in total. The van der Waals surface area contributed by atoms with Gasteiger partial charge < -0.3 is 20.1 Å². The van der Waals surface area contributed by atoms with E-state index in [4.69, 9.17) is 9.97 Å². The van der Waals surface area contributed by atoms with Crippen LogP contribution in [0.4, 0.5) is 17.2 Å². The quantitative estimate of drug-likeness (QED) is 0.389. The Balaban J connectivity index is 1.41. The van der Waals surface area contributed by atoms with Crippen molar-refractivity contribution in [1.29, 1.82) is 0 Å². The first-order valence-corrected chi connectivity index (χ1v) is 13.8. The molecule has 188 valence electrons. The number of benzene rings is 2. The lowest BCUT2D eigenvalue weighted by Crippen LogP contribution is -2.44. The molecule has 0 bridgehead atoms. The number of hydrogen-bond acceptors (Lipinski definition) is 7. The number of aromatic amines is 1. The van der Waals surface area contributed by atoms with E-state index < -0.39 is 15.1 Å². The third-order valence-corrected chi connectivity index (χ3v) is 8.90. The highest BCUT2D eigenvalue weighted by molar-refractivity contribution is 7.92. The first-order chi connectivity index (χ1) is 17.3. The van der Waals surface area contributed by atoms with E-state index in [-0.39, 0.29) is 4.90 Å². The molecular weight excluding hydrogens is 472 g/mol. The molecule has 1 saturated heterocycles. The minimum absolute atomic E-state index is 0.263. The van der Waals surface area contributed by atoms with Crippen LogP contribution in [0.3, 0.4) is 0 Å². The van der Waals surface area contributed by atoms with Crippen LogP contribution >= 0.6 is 0 Å². The highest BCUT2D eigenvalue weighted by Gasteiger charge is 2.23. The molecule has 0 saturated carbocycles. The molecule has 0 atom stereocenters. The van der Waals surface area contributed by atoms with E-state index in [1.54, 1.807) is 32.0 Å². The first-order valence-electron chi connectivity index (χ1n) is 12.3. The summed E-state index contributed by atoms with van der Waals surface area (Å²) in [5, 5.41) is 2.75. The maximum Gasteiger partial charge on any atom is 0.182 e. The van der Waals surface area contributed by atoms with Gasteiger partial charge >= 0.3 is 0 Å². The number of aromatic nitrogens is 3. The predicted octanol–water partition coefficient (Wildman–Crippen LogP) is 4.23. The van der Waals surface area contributed by atoms with Gasteiger partial charge in [0.25, 0.3) is 0 Å². The second-order valence-corrected chi connectivity index (χ2v) is 12.0.